The lowest BCUT2D eigenvalue weighted by atomic mass is 9.80. The number of nitrogens with zero attached hydrogens (tertiary/aromatic N) is 6. The Kier molecular flexibility index (Phi) is 15.1. The molecule has 1 fully saturated rings. The van der Waals surface area contributed by atoms with E-state index in [2.05, 4.69) is 60.6 Å². The molecule has 1 unspecified atom stereocenters. The van der Waals surface area contributed by atoms with E-state index in [1.165, 1.54) is 0 Å². The Labute approximate surface area is 304 Å². The average Bonchev–Trinajstić information content (AvgIpc) is 3.58. The molecule has 1 heterocycles. The number of ether oxygens (including phenoxy) is 3. The first-order valence-corrected chi connectivity index (χ1v) is 18.8. The van der Waals surface area contributed by atoms with Crippen LogP contribution in [0.4, 0.5) is 0 Å². The van der Waals surface area contributed by atoms with Crippen molar-refractivity contribution in [2.24, 2.45) is 5.11 Å². The van der Waals surface area contributed by atoms with Crippen molar-refractivity contribution in [3.05, 3.63) is 106 Å². The van der Waals surface area contributed by atoms with E-state index in [1.807, 2.05) is 71.6 Å². The van der Waals surface area contributed by atoms with Gasteiger partial charge in [0.25, 0.3) is 0 Å². The van der Waals surface area contributed by atoms with Gasteiger partial charge in [-0.2, -0.15) is 5.26 Å². The lowest BCUT2D eigenvalue weighted by molar-refractivity contribution is -0.134. The van der Waals surface area contributed by atoms with Gasteiger partial charge in [0.15, 0.2) is 0 Å². The first kappa shape index (κ1) is 39.6. The molecule has 0 spiro atoms. The monoisotopic (exact) mass is 714 g/mol. The molecular formula is C39H51N6O5P. The zero-order valence-electron chi connectivity index (χ0n) is 30.6. The van der Waals surface area contributed by atoms with Crippen molar-refractivity contribution < 1.29 is 23.5 Å². The van der Waals surface area contributed by atoms with Gasteiger partial charge in [0.1, 0.15) is 25.4 Å². The van der Waals surface area contributed by atoms with Crippen LogP contribution >= 0.6 is 8.30 Å². The number of amides is 1. The minimum atomic E-state index is -1.16. The maximum Gasteiger partial charge on any atom is 0.222 e. The fourth-order valence-corrected chi connectivity index (χ4v) is 9.55. The molecule has 0 radical (unpaired) electrons. The zero-order valence-corrected chi connectivity index (χ0v) is 31.5. The number of methoxy groups -OCH3 is 2. The van der Waals surface area contributed by atoms with E-state index in [9.17, 15) is 10.1 Å². The highest BCUT2D eigenvalue weighted by atomic mass is 31.2. The van der Waals surface area contributed by atoms with Crippen LogP contribution in [0.25, 0.3) is 10.4 Å². The molecule has 0 aromatic heterocycles. The number of hydrogen-bond acceptors (Lipinski definition) is 8. The predicted molar refractivity (Wildman–Crippen MR) is 201 cm³/mol. The number of benzene rings is 3. The molecule has 272 valence electrons. The lowest BCUT2D eigenvalue weighted by Gasteiger charge is -2.40. The molecule has 0 aliphatic carbocycles. The van der Waals surface area contributed by atoms with Crippen molar-refractivity contribution in [3.8, 4) is 17.6 Å². The summed E-state index contributed by atoms with van der Waals surface area (Å²) in [4.78, 5) is 18.8. The van der Waals surface area contributed by atoms with Crippen LogP contribution in [-0.2, 0) is 19.7 Å². The van der Waals surface area contributed by atoms with Gasteiger partial charge in [-0.3, -0.25) is 9.46 Å². The van der Waals surface area contributed by atoms with Crippen molar-refractivity contribution in [3.63, 3.8) is 0 Å². The summed E-state index contributed by atoms with van der Waals surface area (Å²) >= 11 is 0. The normalized spacial score (nSPS) is 16.6. The second-order valence-electron chi connectivity index (χ2n) is 13.1. The Morgan fingerprint density at radius 1 is 0.980 bits per heavy atom. The summed E-state index contributed by atoms with van der Waals surface area (Å²) < 4.78 is 27.3. The summed E-state index contributed by atoms with van der Waals surface area (Å²) in [6, 6.07) is 28.3. The van der Waals surface area contributed by atoms with Gasteiger partial charge < -0.3 is 23.6 Å². The highest BCUT2D eigenvalue weighted by molar-refractivity contribution is 7.50. The fraction of sp³-hybridized carbons (Fsp3) is 0.487. The van der Waals surface area contributed by atoms with Gasteiger partial charge in [-0.1, -0.05) is 59.7 Å². The summed E-state index contributed by atoms with van der Waals surface area (Å²) in [5.41, 5.74) is 10.6. The van der Waals surface area contributed by atoms with E-state index in [0.29, 0.717) is 32.4 Å². The van der Waals surface area contributed by atoms with Crippen LogP contribution in [0.15, 0.2) is 84.0 Å². The van der Waals surface area contributed by atoms with Crippen molar-refractivity contribution in [2.45, 2.75) is 82.8 Å². The van der Waals surface area contributed by atoms with E-state index in [-0.39, 0.29) is 49.3 Å². The second-order valence-corrected chi connectivity index (χ2v) is 15.1. The number of rotatable bonds is 19. The smallest absolute Gasteiger partial charge is 0.222 e. The molecule has 11 nitrogen and oxygen atoms in total. The van der Waals surface area contributed by atoms with Crippen LogP contribution in [-0.4, -0.2) is 79.8 Å². The Hall–Kier alpha value is -4.16. The summed E-state index contributed by atoms with van der Waals surface area (Å²) in [6.07, 6.45) is 1.69. The van der Waals surface area contributed by atoms with E-state index >= 15 is 0 Å². The Morgan fingerprint density at radius 3 is 2.06 bits per heavy atom. The molecule has 0 bridgehead atoms. The van der Waals surface area contributed by atoms with Gasteiger partial charge >= 0.3 is 0 Å². The van der Waals surface area contributed by atoms with Gasteiger partial charge in [0, 0.05) is 42.2 Å². The molecule has 0 saturated carbocycles. The number of carbonyl (C=O) groups excluding carboxylic acids is 1. The summed E-state index contributed by atoms with van der Waals surface area (Å²) in [6.45, 7) is 9.99. The van der Waals surface area contributed by atoms with Crippen LogP contribution < -0.4 is 9.47 Å². The third-order valence-corrected chi connectivity index (χ3v) is 12.0. The molecule has 1 aliphatic heterocycles. The highest BCUT2D eigenvalue weighted by Crippen LogP contribution is 2.54. The maximum atomic E-state index is 14.0. The van der Waals surface area contributed by atoms with Gasteiger partial charge in [-0.25, -0.2) is 0 Å². The molecule has 1 amide bonds. The highest BCUT2D eigenvalue weighted by Gasteiger charge is 2.45. The quantitative estimate of drug-likeness (QED) is 0.0304. The molecule has 51 heavy (non-hydrogen) atoms. The lowest BCUT2D eigenvalue weighted by Crippen LogP contribution is -2.42. The topological polar surface area (TPSA) is 133 Å². The summed E-state index contributed by atoms with van der Waals surface area (Å²) in [7, 11) is 2.14. The first-order valence-electron chi connectivity index (χ1n) is 17.6. The summed E-state index contributed by atoms with van der Waals surface area (Å²) in [5, 5.41) is 13.0. The van der Waals surface area contributed by atoms with Gasteiger partial charge in [0.2, 0.25) is 5.91 Å². The predicted octanol–water partition coefficient (Wildman–Crippen LogP) is 8.43. The Morgan fingerprint density at radius 2 is 1.55 bits per heavy atom. The SMILES string of the molecule is COc1ccc(C(OC[C@@H]2C[C@@H](P(OCCC#N)N(C(C)C)C(C)C)CN2C(=O)CCCN=[N+]=[N-])(c2ccccc2)c2ccc(OC)cc2)cc1. The molecule has 4 rings (SSSR count). The number of hydrogen-bond donors (Lipinski definition) is 0. The minimum absolute atomic E-state index is 0.00827. The largest absolute Gasteiger partial charge is 0.497 e. The van der Waals surface area contributed by atoms with Crippen molar-refractivity contribution in [1.82, 2.24) is 9.57 Å². The van der Waals surface area contributed by atoms with Crippen LogP contribution in [0.2, 0.25) is 0 Å². The van der Waals surface area contributed by atoms with E-state index in [0.717, 1.165) is 28.2 Å². The number of nitriles is 1. The zero-order chi connectivity index (χ0) is 36.8. The first-order chi connectivity index (χ1) is 24.7. The number of carbonyl (C=O) groups is 1. The van der Waals surface area contributed by atoms with Crippen LogP contribution in [0.1, 0.15) is 70.1 Å². The Bertz CT molecular complexity index is 1550. The molecule has 3 aromatic carbocycles. The van der Waals surface area contributed by atoms with Gasteiger partial charge in [0.05, 0.1) is 46.0 Å². The van der Waals surface area contributed by atoms with Crippen LogP contribution in [0.3, 0.4) is 0 Å². The van der Waals surface area contributed by atoms with Crippen molar-refractivity contribution >= 4 is 14.2 Å². The molecule has 12 heteroatoms. The summed E-state index contributed by atoms with van der Waals surface area (Å²) in [5.74, 6) is 1.46. The second kappa shape index (κ2) is 19.4. The van der Waals surface area contributed by atoms with Gasteiger partial charge in [-0.15, -0.1) is 0 Å². The third kappa shape index (κ3) is 9.79. The third-order valence-electron chi connectivity index (χ3n) is 9.13. The van der Waals surface area contributed by atoms with Gasteiger partial charge in [-0.05, 0) is 87.0 Å². The minimum Gasteiger partial charge on any atom is -0.497 e. The molecule has 1 aliphatic rings. The maximum absolute atomic E-state index is 14.0. The van der Waals surface area contributed by atoms with Crippen LogP contribution in [0.5, 0.6) is 11.5 Å². The van der Waals surface area contributed by atoms with E-state index in [4.69, 9.17) is 24.3 Å². The number of likely N-dealkylation sites (tertiary alicyclic amines) is 1. The average molecular weight is 715 g/mol. The molecular weight excluding hydrogens is 663 g/mol. The van der Waals surface area contributed by atoms with Crippen LogP contribution in [0, 0.1) is 11.3 Å². The van der Waals surface area contributed by atoms with Crippen molar-refractivity contribution in [2.75, 3.05) is 40.5 Å². The molecule has 1 saturated heterocycles. The molecule has 0 N–H and O–H groups in total. The van der Waals surface area contributed by atoms with E-state index in [1.54, 1.807) is 14.2 Å². The fourth-order valence-electron chi connectivity index (χ4n) is 6.90. The Balaban J connectivity index is 1.79. The molecule has 3 aromatic rings. The van der Waals surface area contributed by atoms with Crippen molar-refractivity contribution in [1.29, 1.82) is 5.26 Å². The molecule has 3 atom stereocenters. The standard InChI is InChI=1S/C39H51N6O5P/c1-29(2)45(30(3)4)51(50-25-11-23-40)37-26-34(44(27-37)38(46)14-10-24-42-43-41)28-49-39(31-12-8-7-9-13-31,32-15-19-35(47-5)20-16-32)33-17-21-36(48-6)22-18-33/h7-9,12-13,15-22,29-30,34,37H,10-11,14,24-28H2,1-6H3/t34-,37+,51?/m0/s1. The number of azide groups is 1. The van der Waals surface area contributed by atoms with E-state index < -0.39 is 13.9 Å².